The smallest absolute Gasteiger partial charge is 0.191 e. The number of hydrogen-bond donors (Lipinski definition) is 2. The Bertz CT molecular complexity index is 806. The minimum atomic E-state index is 0. The molecular weight excluding hydrogens is 517 g/mol. The quantitative estimate of drug-likeness (QED) is 0.278. The number of benzene rings is 1. The van der Waals surface area contributed by atoms with Crippen molar-refractivity contribution < 1.29 is 9.15 Å². The average Bonchev–Trinajstić information content (AvgIpc) is 3.33. The van der Waals surface area contributed by atoms with E-state index in [4.69, 9.17) is 9.15 Å². The van der Waals surface area contributed by atoms with Gasteiger partial charge in [-0.05, 0) is 58.2 Å². The summed E-state index contributed by atoms with van der Waals surface area (Å²) in [7, 11) is 7.69. The zero-order chi connectivity index (χ0) is 22.1. The number of nitrogens with one attached hydrogen (secondary N) is 2. The summed E-state index contributed by atoms with van der Waals surface area (Å²) in [6, 6.07) is 12.6. The van der Waals surface area contributed by atoms with Crippen molar-refractivity contribution in [2.75, 3.05) is 54.4 Å². The van der Waals surface area contributed by atoms with Gasteiger partial charge in [0.05, 0.1) is 25.5 Å². The first-order valence-corrected chi connectivity index (χ1v) is 11.1. The van der Waals surface area contributed by atoms with Crippen LogP contribution >= 0.6 is 24.0 Å². The van der Waals surface area contributed by atoms with Gasteiger partial charge in [0.15, 0.2) is 5.96 Å². The second-order valence-corrected chi connectivity index (χ2v) is 8.18. The first-order valence-electron chi connectivity index (χ1n) is 11.1. The van der Waals surface area contributed by atoms with E-state index in [1.54, 1.807) is 13.4 Å². The molecule has 8 heteroatoms. The summed E-state index contributed by atoms with van der Waals surface area (Å²) in [5, 5.41) is 7.01. The third-order valence-electron chi connectivity index (χ3n) is 5.97. The number of likely N-dealkylation sites (N-methyl/N-ethyl adjacent to an activating group) is 1. The lowest BCUT2D eigenvalue weighted by atomic mass is 10.0. The van der Waals surface area contributed by atoms with Crippen molar-refractivity contribution in [2.45, 2.75) is 31.3 Å². The van der Waals surface area contributed by atoms with E-state index in [1.165, 1.54) is 19.3 Å². The average molecular weight is 556 g/mol. The maximum atomic E-state index is 5.77. The van der Waals surface area contributed by atoms with Crippen LogP contribution < -0.4 is 15.4 Å². The topological polar surface area (TPSA) is 65.3 Å². The van der Waals surface area contributed by atoms with E-state index in [2.05, 4.69) is 51.7 Å². The highest BCUT2D eigenvalue weighted by Gasteiger charge is 2.25. The molecule has 0 spiro atoms. The van der Waals surface area contributed by atoms with E-state index in [1.807, 2.05) is 31.3 Å². The molecule has 0 saturated carbocycles. The van der Waals surface area contributed by atoms with Gasteiger partial charge in [0.2, 0.25) is 0 Å². The van der Waals surface area contributed by atoms with Crippen LogP contribution in [0.3, 0.4) is 0 Å². The van der Waals surface area contributed by atoms with E-state index in [0.717, 1.165) is 42.7 Å². The number of furan rings is 1. The van der Waals surface area contributed by atoms with Gasteiger partial charge in [0.1, 0.15) is 11.5 Å². The molecule has 2 atom stereocenters. The summed E-state index contributed by atoms with van der Waals surface area (Å²) >= 11 is 0. The Labute approximate surface area is 209 Å². The zero-order valence-corrected chi connectivity index (χ0v) is 22.0. The lowest BCUT2D eigenvalue weighted by molar-refractivity contribution is 0.146. The number of aliphatic imine (C=N–C) groups is 1. The molecule has 1 aliphatic rings. The Balaban J connectivity index is 0.00000363. The molecule has 178 valence electrons. The fourth-order valence-electron chi connectivity index (χ4n) is 4.24. The summed E-state index contributed by atoms with van der Waals surface area (Å²) in [6.45, 7) is 3.67. The number of halogens is 1. The normalized spacial score (nSPS) is 16.8. The molecule has 1 aliphatic heterocycles. The van der Waals surface area contributed by atoms with Crippen molar-refractivity contribution in [2.24, 2.45) is 4.99 Å². The Morgan fingerprint density at radius 3 is 2.44 bits per heavy atom. The van der Waals surface area contributed by atoms with Crippen LogP contribution in [0, 0.1) is 0 Å². The minimum Gasteiger partial charge on any atom is -0.496 e. The van der Waals surface area contributed by atoms with Gasteiger partial charge in [-0.25, -0.2) is 0 Å². The molecule has 0 amide bonds. The molecule has 2 N–H and O–H groups in total. The fraction of sp³-hybridized carbons (Fsp3) is 0.542. The Kier molecular flexibility index (Phi) is 11.3. The Morgan fingerprint density at radius 1 is 1.09 bits per heavy atom. The third-order valence-corrected chi connectivity index (χ3v) is 5.97. The SMILES string of the molecule is CN=C(NCC(c1ccccc1OC)N(C)C)NCC(c1ccco1)N1CCCCC1.I. The van der Waals surface area contributed by atoms with E-state index in [9.17, 15) is 0 Å². The number of para-hydroxylation sites is 1. The highest BCUT2D eigenvalue weighted by atomic mass is 127. The second kappa shape index (κ2) is 13.7. The molecule has 0 bridgehead atoms. The maximum absolute atomic E-state index is 5.77. The minimum absolute atomic E-state index is 0. The second-order valence-electron chi connectivity index (χ2n) is 8.18. The van der Waals surface area contributed by atoms with Crippen molar-refractivity contribution in [1.82, 2.24) is 20.4 Å². The van der Waals surface area contributed by atoms with Gasteiger partial charge in [-0.3, -0.25) is 9.89 Å². The maximum Gasteiger partial charge on any atom is 0.191 e. The number of ether oxygens (including phenoxy) is 1. The van der Waals surface area contributed by atoms with Crippen LogP contribution in [0.5, 0.6) is 5.75 Å². The summed E-state index contributed by atoms with van der Waals surface area (Å²) < 4.78 is 11.3. The lowest BCUT2D eigenvalue weighted by Crippen LogP contribution is -2.46. The molecule has 7 nitrogen and oxygen atoms in total. The zero-order valence-electron chi connectivity index (χ0n) is 19.7. The van der Waals surface area contributed by atoms with Crippen molar-refractivity contribution in [3.63, 3.8) is 0 Å². The van der Waals surface area contributed by atoms with Crippen LogP contribution in [0.4, 0.5) is 0 Å². The molecule has 3 rings (SSSR count). The molecule has 2 heterocycles. The van der Waals surface area contributed by atoms with Crippen LogP contribution in [0.2, 0.25) is 0 Å². The van der Waals surface area contributed by atoms with E-state index < -0.39 is 0 Å². The van der Waals surface area contributed by atoms with Crippen molar-refractivity contribution in [3.05, 3.63) is 54.0 Å². The third kappa shape index (κ3) is 7.11. The molecule has 2 aromatic rings. The van der Waals surface area contributed by atoms with Gasteiger partial charge in [-0.1, -0.05) is 24.6 Å². The number of piperidine rings is 1. The van der Waals surface area contributed by atoms with E-state index in [0.29, 0.717) is 6.54 Å². The largest absolute Gasteiger partial charge is 0.496 e. The Hall–Kier alpha value is -1.78. The monoisotopic (exact) mass is 555 g/mol. The summed E-state index contributed by atoms with van der Waals surface area (Å²) in [4.78, 5) is 9.16. The highest BCUT2D eigenvalue weighted by molar-refractivity contribution is 14.0. The summed E-state index contributed by atoms with van der Waals surface area (Å²) in [5.74, 6) is 2.69. The highest BCUT2D eigenvalue weighted by Crippen LogP contribution is 2.27. The standard InChI is InChI=1S/C24H37N5O2.HI/c1-25-24(26-17-20(28(2)3)19-11-6-7-12-22(19)30-4)27-18-21(23-13-10-16-31-23)29-14-8-5-9-15-29;/h6-7,10-13,16,20-21H,5,8-9,14-15,17-18H2,1-4H3,(H2,25,26,27);1H. The number of rotatable bonds is 9. The van der Waals surface area contributed by atoms with Crippen molar-refractivity contribution >= 4 is 29.9 Å². The van der Waals surface area contributed by atoms with Gasteiger partial charge in [-0.15, -0.1) is 24.0 Å². The first kappa shape index (κ1) is 26.5. The molecule has 1 aromatic carbocycles. The van der Waals surface area contributed by atoms with Gasteiger partial charge in [-0.2, -0.15) is 0 Å². The van der Waals surface area contributed by atoms with Crippen LogP contribution in [-0.2, 0) is 0 Å². The van der Waals surface area contributed by atoms with Gasteiger partial charge < -0.3 is 24.7 Å². The van der Waals surface area contributed by atoms with Gasteiger partial charge in [0.25, 0.3) is 0 Å². The molecule has 0 radical (unpaired) electrons. The number of methoxy groups -OCH3 is 1. The molecule has 1 saturated heterocycles. The summed E-state index contributed by atoms with van der Waals surface area (Å²) in [6.07, 6.45) is 5.56. The first-order chi connectivity index (χ1) is 15.1. The predicted molar refractivity (Wildman–Crippen MR) is 141 cm³/mol. The van der Waals surface area contributed by atoms with Crippen LogP contribution in [-0.4, -0.2) is 70.2 Å². The molecule has 1 fully saturated rings. The number of likely N-dealkylation sites (tertiary alicyclic amines) is 1. The van der Waals surface area contributed by atoms with Gasteiger partial charge in [0, 0.05) is 25.7 Å². The van der Waals surface area contributed by atoms with E-state index >= 15 is 0 Å². The number of guanidine groups is 1. The van der Waals surface area contributed by atoms with Crippen LogP contribution in [0.25, 0.3) is 0 Å². The van der Waals surface area contributed by atoms with Gasteiger partial charge >= 0.3 is 0 Å². The van der Waals surface area contributed by atoms with Crippen LogP contribution in [0.1, 0.15) is 42.7 Å². The number of hydrogen-bond acceptors (Lipinski definition) is 5. The molecule has 32 heavy (non-hydrogen) atoms. The Morgan fingerprint density at radius 2 is 1.81 bits per heavy atom. The summed E-state index contributed by atoms with van der Waals surface area (Å²) in [5.41, 5.74) is 1.15. The van der Waals surface area contributed by atoms with E-state index in [-0.39, 0.29) is 36.1 Å². The van der Waals surface area contributed by atoms with Crippen LogP contribution in [0.15, 0.2) is 52.1 Å². The lowest BCUT2D eigenvalue weighted by Gasteiger charge is -2.34. The molecular formula is C24H38IN5O2. The molecule has 0 aliphatic carbocycles. The predicted octanol–water partition coefficient (Wildman–Crippen LogP) is 3.90. The fourth-order valence-corrected chi connectivity index (χ4v) is 4.24. The number of nitrogens with zero attached hydrogens (tertiary/aromatic N) is 3. The van der Waals surface area contributed by atoms with Crippen molar-refractivity contribution in [1.29, 1.82) is 0 Å². The molecule has 2 unspecified atom stereocenters. The molecule has 1 aromatic heterocycles. The van der Waals surface area contributed by atoms with Crippen molar-refractivity contribution in [3.8, 4) is 5.75 Å².